The maximum Gasteiger partial charge on any atom is 0.154 e. The molecule has 2 heterocycles. The molecular formula is C31H24CuF3N2P. The first kappa shape index (κ1) is 29.0. The third-order valence-corrected chi connectivity index (χ3v) is 8.26. The SMILES string of the molecule is F[C-](F)F.[Cu].c1ccc([PH+](c2ccccc2)c2ccccc2)cc1.c1cnc2c(c1)ccc1cccnc12. The van der Waals surface area contributed by atoms with E-state index < -0.39 is 14.6 Å². The van der Waals surface area contributed by atoms with Crippen LogP contribution in [0.3, 0.4) is 0 Å². The van der Waals surface area contributed by atoms with Crippen LogP contribution in [0.25, 0.3) is 21.8 Å². The molecule has 2 nitrogen and oxygen atoms in total. The van der Waals surface area contributed by atoms with Crippen molar-refractivity contribution in [2.75, 3.05) is 0 Å². The van der Waals surface area contributed by atoms with Crippen LogP contribution in [0.2, 0.25) is 0 Å². The van der Waals surface area contributed by atoms with E-state index in [0.29, 0.717) is 0 Å². The molecule has 0 aliphatic rings. The van der Waals surface area contributed by atoms with Gasteiger partial charge in [0.15, 0.2) is 6.68 Å². The zero-order valence-electron chi connectivity index (χ0n) is 20.1. The van der Waals surface area contributed by atoms with Gasteiger partial charge in [-0.15, -0.1) is 0 Å². The van der Waals surface area contributed by atoms with Crippen LogP contribution < -0.4 is 15.9 Å². The van der Waals surface area contributed by atoms with Crippen LogP contribution in [0.1, 0.15) is 0 Å². The van der Waals surface area contributed by atoms with E-state index in [1.54, 1.807) is 12.4 Å². The Hall–Kier alpha value is -3.56. The Morgan fingerprint density at radius 3 is 1.08 bits per heavy atom. The molecule has 6 rings (SSSR count). The molecule has 0 amide bonds. The standard InChI is InChI=1S/C18H15P.C12H8N2.CF3.Cu/c1-4-10-16(11-5-1)19(17-12-6-2-7-13-17)18-14-8-3-9-15-18;1-3-9-5-6-10-4-2-8-14-12(10)11(9)13-7-1;2-1(3)4;/h1-15H;1-8H;;/q;;-1;/p+1. The Morgan fingerprint density at radius 1 is 0.447 bits per heavy atom. The van der Waals surface area contributed by atoms with Gasteiger partial charge in [0, 0.05) is 40.2 Å². The molecule has 0 N–H and O–H groups in total. The zero-order chi connectivity index (χ0) is 25.9. The summed E-state index contributed by atoms with van der Waals surface area (Å²) in [6, 6.07) is 44.6. The molecule has 0 aliphatic heterocycles. The molecule has 6 aromatic rings. The van der Waals surface area contributed by atoms with Crippen molar-refractivity contribution in [3.05, 3.63) is 146 Å². The second-order valence-electron chi connectivity index (χ2n) is 7.90. The predicted octanol–water partition coefficient (Wildman–Crippen LogP) is 7.30. The molecule has 2 aromatic heterocycles. The van der Waals surface area contributed by atoms with Gasteiger partial charge in [0.1, 0.15) is 15.9 Å². The fraction of sp³-hybridized carbons (Fsp3) is 0. The van der Waals surface area contributed by atoms with Crippen molar-refractivity contribution in [2.24, 2.45) is 0 Å². The molecule has 0 aliphatic carbocycles. The van der Waals surface area contributed by atoms with Crippen molar-refractivity contribution in [2.45, 2.75) is 0 Å². The molecule has 0 unspecified atom stereocenters. The van der Waals surface area contributed by atoms with E-state index in [1.165, 1.54) is 15.9 Å². The van der Waals surface area contributed by atoms with Gasteiger partial charge >= 0.3 is 0 Å². The molecule has 0 atom stereocenters. The molecule has 0 bridgehead atoms. The van der Waals surface area contributed by atoms with Crippen LogP contribution in [0.4, 0.5) is 13.2 Å². The molecule has 195 valence electrons. The van der Waals surface area contributed by atoms with Crippen LogP contribution >= 0.6 is 7.92 Å². The van der Waals surface area contributed by atoms with Gasteiger partial charge in [-0.2, -0.15) is 0 Å². The molecule has 0 spiro atoms. The van der Waals surface area contributed by atoms with E-state index in [1.807, 2.05) is 12.1 Å². The monoisotopic (exact) mass is 575 g/mol. The van der Waals surface area contributed by atoms with Gasteiger partial charge in [-0.3, -0.25) is 9.97 Å². The number of benzene rings is 4. The Bertz CT molecular complexity index is 1370. The van der Waals surface area contributed by atoms with Gasteiger partial charge < -0.3 is 13.2 Å². The van der Waals surface area contributed by atoms with E-state index in [9.17, 15) is 13.2 Å². The summed E-state index contributed by atoms with van der Waals surface area (Å²) in [6.45, 7) is -3.08. The number of halogens is 3. The average Bonchev–Trinajstić information content (AvgIpc) is 2.95. The summed E-state index contributed by atoms with van der Waals surface area (Å²) in [6.07, 6.45) is 3.60. The molecule has 0 fully saturated rings. The maximum absolute atomic E-state index is 9.58. The number of hydrogen-bond donors (Lipinski definition) is 0. The molecule has 0 saturated heterocycles. The second kappa shape index (κ2) is 15.0. The van der Waals surface area contributed by atoms with Gasteiger partial charge in [0.2, 0.25) is 0 Å². The van der Waals surface area contributed by atoms with E-state index >= 15 is 0 Å². The minimum atomic E-state index is -3.08. The van der Waals surface area contributed by atoms with Gasteiger partial charge in [0.05, 0.1) is 19.0 Å². The smallest absolute Gasteiger partial charge is 0.154 e. The minimum Gasteiger partial charge on any atom is -0.385 e. The molecule has 38 heavy (non-hydrogen) atoms. The van der Waals surface area contributed by atoms with Crippen LogP contribution in [0, 0.1) is 6.68 Å². The van der Waals surface area contributed by atoms with Crippen molar-refractivity contribution < 1.29 is 30.2 Å². The molecule has 4 aromatic carbocycles. The van der Waals surface area contributed by atoms with Crippen molar-refractivity contribution >= 4 is 45.6 Å². The quantitative estimate of drug-likeness (QED) is 0.0958. The van der Waals surface area contributed by atoms with Crippen LogP contribution in [-0.4, -0.2) is 9.97 Å². The fourth-order valence-corrected chi connectivity index (χ4v) is 6.57. The average molecular weight is 576 g/mol. The van der Waals surface area contributed by atoms with Crippen LogP contribution in [0.5, 0.6) is 0 Å². The zero-order valence-corrected chi connectivity index (χ0v) is 22.1. The summed E-state index contributed by atoms with van der Waals surface area (Å²) in [4.78, 5) is 8.69. The number of hydrogen-bond acceptors (Lipinski definition) is 2. The van der Waals surface area contributed by atoms with E-state index in [2.05, 4.69) is 125 Å². The Morgan fingerprint density at radius 2 is 0.763 bits per heavy atom. The first-order valence-electron chi connectivity index (χ1n) is 11.6. The topological polar surface area (TPSA) is 25.8 Å². The summed E-state index contributed by atoms with van der Waals surface area (Å²) in [5.41, 5.74) is 1.95. The minimum absolute atomic E-state index is 0. The normalized spacial score (nSPS) is 10.2. The Labute approximate surface area is 231 Å². The maximum atomic E-state index is 9.58. The summed E-state index contributed by atoms with van der Waals surface area (Å²) in [7, 11) is -0.877. The largest absolute Gasteiger partial charge is 0.385 e. The van der Waals surface area contributed by atoms with Crippen molar-refractivity contribution in [1.29, 1.82) is 0 Å². The van der Waals surface area contributed by atoms with Crippen LogP contribution in [-0.2, 0) is 17.1 Å². The van der Waals surface area contributed by atoms with Gasteiger partial charge in [-0.25, -0.2) is 0 Å². The van der Waals surface area contributed by atoms with E-state index in [4.69, 9.17) is 0 Å². The molecule has 0 saturated carbocycles. The third-order valence-electron chi connectivity index (χ3n) is 5.53. The van der Waals surface area contributed by atoms with E-state index in [-0.39, 0.29) is 17.1 Å². The Balaban J connectivity index is 0.000000186. The number of rotatable bonds is 3. The summed E-state index contributed by atoms with van der Waals surface area (Å²) in [5, 5.41) is 6.58. The van der Waals surface area contributed by atoms with Crippen molar-refractivity contribution in [3.8, 4) is 0 Å². The third kappa shape index (κ3) is 7.97. The first-order valence-corrected chi connectivity index (χ1v) is 13.1. The second-order valence-corrected chi connectivity index (χ2v) is 10.4. The number of fused-ring (bicyclic) bond motifs is 3. The van der Waals surface area contributed by atoms with Crippen LogP contribution in [0.15, 0.2) is 140 Å². The summed E-state index contributed by atoms with van der Waals surface area (Å²) < 4.78 is 28.8. The summed E-state index contributed by atoms with van der Waals surface area (Å²) >= 11 is 0. The molecular weight excluding hydrogens is 552 g/mol. The fourth-order valence-electron chi connectivity index (χ4n) is 3.99. The van der Waals surface area contributed by atoms with E-state index in [0.717, 1.165) is 21.8 Å². The van der Waals surface area contributed by atoms with Gasteiger partial charge in [-0.1, -0.05) is 78.9 Å². The first-order chi connectivity index (χ1) is 18.1. The molecule has 7 heteroatoms. The summed E-state index contributed by atoms with van der Waals surface area (Å²) in [5.74, 6) is 0. The number of nitrogens with zero attached hydrogens (tertiary/aromatic N) is 2. The van der Waals surface area contributed by atoms with Gasteiger partial charge in [-0.05, 0) is 48.5 Å². The van der Waals surface area contributed by atoms with Crippen molar-refractivity contribution in [3.63, 3.8) is 0 Å². The predicted molar refractivity (Wildman–Crippen MR) is 150 cm³/mol. The molecule has 1 radical (unpaired) electrons. The number of aromatic nitrogens is 2. The van der Waals surface area contributed by atoms with Gasteiger partial charge in [0.25, 0.3) is 0 Å². The van der Waals surface area contributed by atoms with Crippen molar-refractivity contribution in [1.82, 2.24) is 9.97 Å². The Kier molecular flexibility index (Phi) is 11.4. The number of pyridine rings is 2.